The molecule has 1 heterocycles. The van der Waals surface area contributed by atoms with Crippen molar-refractivity contribution in [1.82, 2.24) is 4.90 Å². The molecule has 0 aliphatic carbocycles. The fourth-order valence-corrected chi connectivity index (χ4v) is 3.28. The zero-order valence-corrected chi connectivity index (χ0v) is 12.5. The van der Waals surface area contributed by atoms with Gasteiger partial charge in [-0.05, 0) is 17.7 Å². The molecule has 1 aromatic carbocycles. The number of rotatable bonds is 5. The van der Waals surface area contributed by atoms with Gasteiger partial charge in [0, 0.05) is 31.8 Å². The lowest BCUT2D eigenvalue weighted by atomic mass is 9.89. The molecule has 0 radical (unpaired) electrons. The summed E-state index contributed by atoms with van der Waals surface area (Å²) in [6.45, 7) is 1.01. The maximum Gasteiger partial charge on any atom is 0.308 e. The summed E-state index contributed by atoms with van der Waals surface area (Å²) in [4.78, 5) is 13.2. The minimum absolute atomic E-state index is 0.00475. The SMILES string of the molecule is CS(=O)(=O)CCN1CC(C(=O)O)C(c2cccc(F)c2)C1. The molecule has 1 N–H and O–H groups in total. The zero-order valence-electron chi connectivity index (χ0n) is 11.7. The number of aliphatic carboxylic acids is 1. The second-order valence-electron chi connectivity index (χ2n) is 5.50. The Labute approximate surface area is 123 Å². The fourth-order valence-electron chi connectivity index (χ4n) is 2.69. The van der Waals surface area contributed by atoms with Crippen LogP contribution in [0.2, 0.25) is 0 Å². The number of hydrogen-bond acceptors (Lipinski definition) is 4. The van der Waals surface area contributed by atoms with Crippen LogP contribution in [0.3, 0.4) is 0 Å². The van der Waals surface area contributed by atoms with Gasteiger partial charge in [0.15, 0.2) is 0 Å². The van der Waals surface area contributed by atoms with Crippen LogP contribution in [0.4, 0.5) is 4.39 Å². The minimum atomic E-state index is -3.09. The lowest BCUT2D eigenvalue weighted by Gasteiger charge is -2.15. The Balaban J connectivity index is 2.14. The highest BCUT2D eigenvalue weighted by Gasteiger charge is 2.38. The highest BCUT2D eigenvalue weighted by atomic mass is 32.2. The average Bonchev–Trinajstić information content (AvgIpc) is 2.80. The van der Waals surface area contributed by atoms with Crippen LogP contribution in [-0.4, -0.2) is 56.0 Å². The first-order valence-electron chi connectivity index (χ1n) is 6.64. The van der Waals surface area contributed by atoms with Crippen molar-refractivity contribution in [3.63, 3.8) is 0 Å². The number of carbonyl (C=O) groups is 1. The first kappa shape index (κ1) is 15.9. The molecule has 0 aromatic heterocycles. The van der Waals surface area contributed by atoms with Gasteiger partial charge in [0.05, 0.1) is 11.7 Å². The van der Waals surface area contributed by atoms with Crippen LogP contribution in [0.15, 0.2) is 24.3 Å². The van der Waals surface area contributed by atoms with Crippen molar-refractivity contribution in [3.8, 4) is 0 Å². The molecule has 0 saturated carbocycles. The molecule has 116 valence electrons. The lowest BCUT2D eigenvalue weighted by Crippen LogP contribution is -2.28. The monoisotopic (exact) mass is 315 g/mol. The third kappa shape index (κ3) is 4.25. The Bertz CT molecular complexity index is 632. The average molecular weight is 315 g/mol. The number of nitrogens with zero attached hydrogens (tertiary/aromatic N) is 1. The maximum absolute atomic E-state index is 13.3. The Kier molecular flexibility index (Phi) is 4.63. The van der Waals surface area contributed by atoms with Gasteiger partial charge in [0.1, 0.15) is 15.7 Å². The molecule has 1 saturated heterocycles. The van der Waals surface area contributed by atoms with Gasteiger partial charge in [-0.25, -0.2) is 12.8 Å². The molecule has 7 heteroatoms. The smallest absolute Gasteiger partial charge is 0.308 e. The molecule has 2 atom stereocenters. The molecule has 0 amide bonds. The van der Waals surface area contributed by atoms with E-state index in [0.717, 1.165) is 6.26 Å². The summed E-state index contributed by atoms with van der Waals surface area (Å²) in [5.74, 6) is -2.31. The number of sulfone groups is 1. The summed E-state index contributed by atoms with van der Waals surface area (Å²) in [6, 6.07) is 5.93. The molecule has 1 aliphatic heterocycles. The second-order valence-corrected chi connectivity index (χ2v) is 7.76. The first-order valence-corrected chi connectivity index (χ1v) is 8.70. The summed E-state index contributed by atoms with van der Waals surface area (Å²) in [5, 5.41) is 9.32. The van der Waals surface area contributed by atoms with Crippen LogP contribution in [-0.2, 0) is 14.6 Å². The van der Waals surface area contributed by atoms with Gasteiger partial charge in [-0.2, -0.15) is 0 Å². The van der Waals surface area contributed by atoms with Gasteiger partial charge >= 0.3 is 5.97 Å². The molecule has 1 aromatic rings. The van der Waals surface area contributed by atoms with Crippen molar-refractivity contribution in [3.05, 3.63) is 35.6 Å². The third-order valence-corrected chi connectivity index (χ3v) is 4.69. The predicted octanol–water partition coefficient (Wildman–Crippen LogP) is 0.970. The molecular weight excluding hydrogens is 297 g/mol. The van der Waals surface area contributed by atoms with Crippen molar-refractivity contribution in [1.29, 1.82) is 0 Å². The van der Waals surface area contributed by atoms with E-state index in [0.29, 0.717) is 18.7 Å². The molecular formula is C14H18FNO4S. The van der Waals surface area contributed by atoms with Crippen LogP contribution < -0.4 is 0 Å². The summed E-state index contributed by atoms with van der Waals surface area (Å²) in [6.07, 6.45) is 1.15. The molecule has 0 spiro atoms. The lowest BCUT2D eigenvalue weighted by molar-refractivity contribution is -0.141. The van der Waals surface area contributed by atoms with Crippen LogP contribution >= 0.6 is 0 Å². The molecule has 1 aliphatic rings. The van der Waals surface area contributed by atoms with Gasteiger partial charge in [-0.3, -0.25) is 4.79 Å². The Hall–Kier alpha value is -1.47. The van der Waals surface area contributed by atoms with Gasteiger partial charge in [-0.1, -0.05) is 12.1 Å². The Morgan fingerprint density at radius 2 is 2.14 bits per heavy atom. The molecule has 21 heavy (non-hydrogen) atoms. The fraction of sp³-hybridized carbons (Fsp3) is 0.500. The van der Waals surface area contributed by atoms with E-state index in [4.69, 9.17) is 0 Å². The van der Waals surface area contributed by atoms with Gasteiger partial charge in [0.2, 0.25) is 0 Å². The summed E-state index contributed by atoms with van der Waals surface area (Å²) in [7, 11) is -3.09. The normalized spacial score (nSPS) is 23.3. The zero-order chi connectivity index (χ0) is 15.6. The van der Waals surface area contributed by atoms with Crippen molar-refractivity contribution in [2.24, 2.45) is 5.92 Å². The molecule has 1 fully saturated rings. The quantitative estimate of drug-likeness (QED) is 0.876. The number of carboxylic acids is 1. The molecule has 2 unspecified atom stereocenters. The summed E-state index contributed by atoms with van der Waals surface area (Å²) in [5.41, 5.74) is 0.643. The van der Waals surface area contributed by atoms with Crippen molar-refractivity contribution in [2.45, 2.75) is 5.92 Å². The predicted molar refractivity (Wildman–Crippen MR) is 76.4 cm³/mol. The van der Waals surface area contributed by atoms with E-state index in [-0.39, 0.29) is 18.2 Å². The van der Waals surface area contributed by atoms with Crippen LogP contribution in [0.5, 0.6) is 0 Å². The molecule has 2 rings (SSSR count). The second kappa shape index (κ2) is 6.11. The van der Waals surface area contributed by atoms with E-state index in [2.05, 4.69) is 0 Å². The van der Waals surface area contributed by atoms with Gasteiger partial charge < -0.3 is 10.0 Å². The highest BCUT2D eigenvalue weighted by molar-refractivity contribution is 7.90. The summed E-state index contributed by atoms with van der Waals surface area (Å²) >= 11 is 0. The standard InChI is InChI=1S/C14H18FNO4S/c1-21(19,20)6-5-16-8-12(13(9-16)14(17)18)10-3-2-4-11(15)7-10/h2-4,7,12-13H,5-6,8-9H2,1H3,(H,17,18). The maximum atomic E-state index is 13.3. The number of benzene rings is 1. The number of hydrogen-bond donors (Lipinski definition) is 1. The molecule has 0 bridgehead atoms. The van der Waals surface area contributed by atoms with Crippen molar-refractivity contribution < 1.29 is 22.7 Å². The third-order valence-electron chi connectivity index (χ3n) is 3.77. The van der Waals surface area contributed by atoms with Crippen LogP contribution in [0.25, 0.3) is 0 Å². The minimum Gasteiger partial charge on any atom is -0.481 e. The number of likely N-dealkylation sites (tertiary alicyclic amines) is 1. The van der Waals surface area contributed by atoms with E-state index in [1.54, 1.807) is 12.1 Å². The number of carboxylic acid groups (broad SMARTS) is 1. The largest absolute Gasteiger partial charge is 0.481 e. The van der Waals surface area contributed by atoms with Crippen LogP contribution in [0.1, 0.15) is 11.5 Å². The summed E-state index contributed by atoms with van der Waals surface area (Å²) < 4.78 is 35.7. The molecule has 5 nitrogen and oxygen atoms in total. The van der Waals surface area contributed by atoms with E-state index in [1.165, 1.54) is 12.1 Å². The highest BCUT2D eigenvalue weighted by Crippen LogP contribution is 2.33. The first-order chi connectivity index (χ1) is 9.76. The van der Waals surface area contributed by atoms with E-state index in [9.17, 15) is 22.7 Å². The Morgan fingerprint density at radius 1 is 1.43 bits per heavy atom. The van der Waals surface area contributed by atoms with Gasteiger partial charge in [-0.15, -0.1) is 0 Å². The Morgan fingerprint density at radius 3 is 2.71 bits per heavy atom. The number of halogens is 1. The van der Waals surface area contributed by atoms with Gasteiger partial charge in [0.25, 0.3) is 0 Å². The van der Waals surface area contributed by atoms with Crippen molar-refractivity contribution >= 4 is 15.8 Å². The van der Waals surface area contributed by atoms with Crippen LogP contribution in [0, 0.1) is 11.7 Å². The topological polar surface area (TPSA) is 74.7 Å². The van der Waals surface area contributed by atoms with E-state index in [1.807, 2.05) is 4.90 Å². The van der Waals surface area contributed by atoms with E-state index < -0.39 is 27.5 Å². The van der Waals surface area contributed by atoms with E-state index >= 15 is 0 Å². The van der Waals surface area contributed by atoms with Crippen molar-refractivity contribution in [2.75, 3.05) is 31.6 Å².